The van der Waals surface area contributed by atoms with Gasteiger partial charge in [-0.1, -0.05) is 44.2 Å². The SMILES string of the molecule is CCOC(=O)C1=C(N)OC2=C(C(=O)CC(C)(C)C2)[C@@H]1c1ccc(OC)c2ccccc12. The minimum Gasteiger partial charge on any atom is -0.496 e. The van der Waals surface area contributed by atoms with Crippen LogP contribution < -0.4 is 10.5 Å². The molecule has 0 aromatic heterocycles. The minimum atomic E-state index is -0.665. The molecular formula is C25H27NO5. The number of fused-ring (bicyclic) bond motifs is 1. The van der Waals surface area contributed by atoms with Gasteiger partial charge in [-0.05, 0) is 29.4 Å². The van der Waals surface area contributed by atoms with Crippen LogP contribution in [0.2, 0.25) is 0 Å². The summed E-state index contributed by atoms with van der Waals surface area (Å²) in [6.45, 7) is 5.97. The first kappa shape index (κ1) is 21.0. The molecule has 0 radical (unpaired) electrons. The number of carbonyl (C=O) groups is 2. The van der Waals surface area contributed by atoms with Crippen LogP contribution in [-0.2, 0) is 19.1 Å². The van der Waals surface area contributed by atoms with Gasteiger partial charge in [0.05, 0.1) is 19.6 Å². The summed E-state index contributed by atoms with van der Waals surface area (Å²) in [4.78, 5) is 26.3. The quantitative estimate of drug-likeness (QED) is 0.739. The lowest BCUT2D eigenvalue weighted by Gasteiger charge is -2.38. The van der Waals surface area contributed by atoms with E-state index in [-0.39, 0.29) is 29.3 Å². The number of Topliss-reactive ketones (excluding diaryl/α,β-unsaturated/α-hetero) is 1. The summed E-state index contributed by atoms with van der Waals surface area (Å²) in [7, 11) is 1.62. The van der Waals surface area contributed by atoms with E-state index < -0.39 is 11.9 Å². The lowest BCUT2D eigenvalue weighted by atomic mass is 9.69. The second-order valence-corrected chi connectivity index (χ2v) is 8.71. The molecule has 0 bridgehead atoms. The van der Waals surface area contributed by atoms with E-state index in [1.807, 2.05) is 50.2 Å². The first-order valence-corrected chi connectivity index (χ1v) is 10.4. The van der Waals surface area contributed by atoms with Gasteiger partial charge in [-0.25, -0.2) is 4.79 Å². The van der Waals surface area contributed by atoms with Crippen molar-refractivity contribution in [2.45, 2.75) is 39.5 Å². The number of ketones is 1. The van der Waals surface area contributed by atoms with Crippen LogP contribution in [0.25, 0.3) is 10.8 Å². The maximum atomic E-state index is 13.3. The van der Waals surface area contributed by atoms with Crippen molar-refractivity contribution in [1.82, 2.24) is 0 Å². The van der Waals surface area contributed by atoms with Gasteiger partial charge in [-0.3, -0.25) is 4.79 Å². The number of benzene rings is 2. The Morgan fingerprint density at radius 1 is 1.16 bits per heavy atom. The smallest absolute Gasteiger partial charge is 0.340 e. The molecule has 2 aromatic carbocycles. The largest absolute Gasteiger partial charge is 0.496 e. The highest BCUT2D eigenvalue weighted by Crippen LogP contribution is 2.50. The Hall–Kier alpha value is -3.28. The molecule has 0 amide bonds. The van der Waals surface area contributed by atoms with Crippen molar-refractivity contribution in [3.8, 4) is 5.75 Å². The molecule has 0 unspecified atom stereocenters. The zero-order valence-corrected chi connectivity index (χ0v) is 18.3. The molecule has 6 heteroatoms. The molecule has 0 fully saturated rings. The number of methoxy groups -OCH3 is 1. The van der Waals surface area contributed by atoms with Crippen molar-refractivity contribution >= 4 is 22.5 Å². The second-order valence-electron chi connectivity index (χ2n) is 8.71. The molecule has 1 heterocycles. The van der Waals surface area contributed by atoms with E-state index in [9.17, 15) is 9.59 Å². The average molecular weight is 421 g/mol. The molecular weight excluding hydrogens is 394 g/mol. The van der Waals surface area contributed by atoms with E-state index in [1.54, 1.807) is 14.0 Å². The van der Waals surface area contributed by atoms with Crippen LogP contribution in [0.5, 0.6) is 5.75 Å². The Morgan fingerprint density at radius 3 is 2.55 bits per heavy atom. The zero-order chi connectivity index (χ0) is 22.3. The maximum absolute atomic E-state index is 13.3. The number of rotatable bonds is 4. The number of hydrogen-bond donors (Lipinski definition) is 1. The molecule has 2 aliphatic rings. The molecule has 4 rings (SSSR count). The van der Waals surface area contributed by atoms with Crippen LogP contribution >= 0.6 is 0 Å². The molecule has 31 heavy (non-hydrogen) atoms. The van der Waals surface area contributed by atoms with E-state index in [0.29, 0.717) is 29.9 Å². The third-order valence-electron chi connectivity index (χ3n) is 5.90. The predicted molar refractivity (Wildman–Crippen MR) is 117 cm³/mol. The van der Waals surface area contributed by atoms with Gasteiger partial charge in [0, 0.05) is 23.8 Å². The highest BCUT2D eigenvalue weighted by molar-refractivity contribution is 6.05. The van der Waals surface area contributed by atoms with E-state index in [1.165, 1.54) is 0 Å². The lowest BCUT2D eigenvalue weighted by molar-refractivity contribution is -0.139. The van der Waals surface area contributed by atoms with Gasteiger partial charge < -0.3 is 19.9 Å². The van der Waals surface area contributed by atoms with Crippen LogP contribution in [0.1, 0.15) is 45.1 Å². The van der Waals surface area contributed by atoms with Crippen LogP contribution in [-0.4, -0.2) is 25.5 Å². The highest BCUT2D eigenvalue weighted by Gasteiger charge is 2.45. The topological polar surface area (TPSA) is 87.9 Å². The van der Waals surface area contributed by atoms with Crippen molar-refractivity contribution in [2.24, 2.45) is 11.1 Å². The van der Waals surface area contributed by atoms with E-state index in [0.717, 1.165) is 16.3 Å². The fraction of sp³-hybridized carbons (Fsp3) is 0.360. The number of allylic oxidation sites excluding steroid dienone is 2. The molecule has 0 saturated carbocycles. The molecule has 1 atom stereocenters. The van der Waals surface area contributed by atoms with Crippen molar-refractivity contribution in [1.29, 1.82) is 0 Å². The molecule has 2 N–H and O–H groups in total. The standard InChI is InChI=1S/C25H27NO5/c1-5-30-24(28)22-20(16-10-11-18(29-4)15-9-7-6-8-14(15)16)21-17(27)12-25(2,3)13-19(21)31-23(22)26/h6-11,20H,5,12-13,26H2,1-4H3/t20-/m0/s1. The van der Waals surface area contributed by atoms with Crippen molar-refractivity contribution in [3.63, 3.8) is 0 Å². The first-order valence-electron chi connectivity index (χ1n) is 10.4. The molecule has 162 valence electrons. The highest BCUT2D eigenvalue weighted by atomic mass is 16.5. The predicted octanol–water partition coefficient (Wildman–Crippen LogP) is 4.34. The summed E-state index contributed by atoms with van der Waals surface area (Å²) < 4.78 is 16.7. The molecule has 6 nitrogen and oxygen atoms in total. The van der Waals surface area contributed by atoms with Crippen LogP contribution in [0.4, 0.5) is 0 Å². The second kappa shape index (κ2) is 7.76. The molecule has 0 saturated heterocycles. The van der Waals surface area contributed by atoms with E-state index >= 15 is 0 Å². The number of nitrogens with two attached hydrogens (primary N) is 1. The average Bonchev–Trinajstić information content (AvgIpc) is 2.71. The molecule has 0 spiro atoms. The van der Waals surface area contributed by atoms with Crippen molar-refractivity contribution < 1.29 is 23.8 Å². The Morgan fingerprint density at radius 2 is 1.87 bits per heavy atom. The van der Waals surface area contributed by atoms with Gasteiger partial charge >= 0.3 is 5.97 Å². The summed E-state index contributed by atoms with van der Waals surface area (Å²) in [5.41, 5.74) is 7.48. The van der Waals surface area contributed by atoms with Gasteiger partial charge in [0.1, 0.15) is 17.1 Å². The summed E-state index contributed by atoms with van der Waals surface area (Å²) in [5.74, 6) is -0.0302. The van der Waals surface area contributed by atoms with Crippen LogP contribution in [0, 0.1) is 5.41 Å². The number of hydrogen-bond acceptors (Lipinski definition) is 6. The number of ether oxygens (including phenoxy) is 3. The first-order chi connectivity index (χ1) is 14.8. The summed E-state index contributed by atoms with van der Waals surface area (Å²) >= 11 is 0. The van der Waals surface area contributed by atoms with Gasteiger partial charge in [0.25, 0.3) is 0 Å². The third kappa shape index (κ3) is 3.56. The van der Waals surface area contributed by atoms with Gasteiger partial charge in [0.2, 0.25) is 5.88 Å². The van der Waals surface area contributed by atoms with Crippen molar-refractivity contribution in [3.05, 3.63) is 64.8 Å². The Labute approximate surface area is 181 Å². The molecule has 1 aliphatic heterocycles. The number of esters is 1. The lowest BCUT2D eigenvalue weighted by Crippen LogP contribution is -2.35. The monoisotopic (exact) mass is 421 g/mol. The van der Waals surface area contributed by atoms with Gasteiger partial charge in [-0.15, -0.1) is 0 Å². The Balaban J connectivity index is 2.00. The molecule has 1 aliphatic carbocycles. The number of carbonyl (C=O) groups excluding carboxylic acids is 2. The van der Waals surface area contributed by atoms with E-state index in [4.69, 9.17) is 19.9 Å². The molecule has 2 aromatic rings. The van der Waals surface area contributed by atoms with E-state index in [2.05, 4.69) is 0 Å². The van der Waals surface area contributed by atoms with Crippen LogP contribution in [0.3, 0.4) is 0 Å². The third-order valence-corrected chi connectivity index (χ3v) is 5.90. The van der Waals surface area contributed by atoms with Gasteiger partial charge in [-0.2, -0.15) is 0 Å². The minimum absolute atomic E-state index is 0.00685. The summed E-state index contributed by atoms with van der Waals surface area (Å²) in [6, 6.07) is 11.5. The fourth-order valence-electron chi connectivity index (χ4n) is 4.63. The maximum Gasteiger partial charge on any atom is 0.340 e. The van der Waals surface area contributed by atoms with Crippen LogP contribution in [0.15, 0.2) is 59.2 Å². The zero-order valence-electron chi connectivity index (χ0n) is 18.3. The Kier molecular flexibility index (Phi) is 5.25. The Bertz CT molecular complexity index is 1140. The summed E-state index contributed by atoms with van der Waals surface area (Å²) in [6.07, 6.45) is 0.936. The normalized spacial score (nSPS) is 20.4. The fourth-order valence-corrected chi connectivity index (χ4v) is 4.63. The summed E-state index contributed by atoms with van der Waals surface area (Å²) in [5, 5.41) is 1.77. The van der Waals surface area contributed by atoms with Crippen molar-refractivity contribution in [2.75, 3.05) is 13.7 Å². The van der Waals surface area contributed by atoms with Gasteiger partial charge in [0.15, 0.2) is 5.78 Å².